The summed E-state index contributed by atoms with van der Waals surface area (Å²) in [6.45, 7) is 0. The van der Waals surface area contributed by atoms with Crippen LogP contribution >= 0.6 is 15.9 Å². The van der Waals surface area contributed by atoms with E-state index in [1.165, 1.54) is 0 Å². The molecule has 0 saturated carbocycles. The van der Waals surface area contributed by atoms with Gasteiger partial charge in [0, 0.05) is 18.6 Å². The van der Waals surface area contributed by atoms with Crippen LogP contribution in [-0.2, 0) is 0 Å². The van der Waals surface area contributed by atoms with Crippen LogP contribution < -0.4 is 5.73 Å². The molecule has 1 aromatic rings. The zero-order valence-electron chi connectivity index (χ0n) is 7.79. The molecule has 0 saturated heterocycles. The summed E-state index contributed by atoms with van der Waals surface area (Å²) in [5.41, 5.74) is 7.66. The lowest BCUT2D eigenvalue weighted by molar-refractivity contribution is 0.567. The van der Waals surface area contributed by atoms with E-state index < -0.39 is 0 Å². The van der Waals surface area contributed by atoms with Crippen molar-refractivity contribution < 1.29 is 0 Å². The van der Waals surface area contributed by atoms with Crippen molar-refractivity contribution in [2.75, 3.05) is 19.8 Å². The lowest BCUT2D eigenvalue weighted by Gasteiger charge is -2.05. The molecule has 0 heterocycles. The van der Waals surface area contributed by atoms with Gasteiger partial charge in [-0.15, -0.1) is 0 Å². The summed E-state index contributed by atoms with van der Waals surface area (Å²) < 4.78 is 0.938. The fourth-order valence-electron chi connectivity index (χ4n) is 0.928. The maximum absolute atomic E-state index is 5.85. The summed E-state index contributed by atoms with van der Waals surface area (Å²) in [7, 11) is 3.95. The zero-order valence-corrected chi connectivity index (χ0v) is 9.38. The Morgan fingerprint density at radius 3 is 2.69 bits per heavy atom. The highest BCUT2D eigenvalue weighted by atomic mass is 79.9. The molecule has 0 atom stereocenters. The van der Waals surface area contributed by atoms with Gasteiger partial charge in [-0.3, -0.25) is 0 Å². The van der Waals surface area contributed by atoms with Gasteiger partial charge >= 0.3 is 0 Å². The monoisotopic (exact) mass is 240 g/mol. The molecule has 0 aromatic heterocycles. The Balaban J connectivity index is 2.95. The fourth-order valence-corrected chi connectivity index (χ4v) is 1.31. The van der Waals surface area contributed by atoms with Crippen molar-refractivity contribution in [2.45, 2.75) is 0 Å². The van der Waals surface area contributed by atoms with Crippen LogP contribution in [0, 0.1) is 0 Å². The number of anilines is 1. The van der Waals surface area contributed by atoms with E-state index in [0.29, 0.717) is 0 Å². The van der Waals surface area contributed by atoms with Crippen molar-refractivity contribution in [3.8, 4) is 0 Å². The fraction of sp³-hybridized carbons (Fsp3) is 0.200. The predicted molar refractivity (Wildman–Crippen MR) is 61.3 cm³/mol. The number of nitrogen functional groups attached to an aromatic ring is 1. The van der Waals surface area contributed by atoms with Crippen LogP contribution in [0.4, 0.5) is 5.69 Å². The molecule has 13 heavy (non-hydrogen) atoms. The molecule has 2 N–H and O–H groups in total. The molecule has 1 rings (SSSR count). The van der Waals surface area contributed by atoms with E-state index in [4.69, 9.17) is 5.73 Å². The van der Waals surface area contributed by atoms with Crippen molar-refractivity contribution in [3.63, 3.8) is 0 Å². The first-order valence-electron chi connectivity index (χ1n) is 4.00. The number of para-hydroxylation sites is 1. The molecule has 0 aliphatic carbocycles. The topological polar surface area (TPSA) is 29.3 Å². The summed E-state index contributed by atoms with van der Waals surface area (Å²) in [4.78, 5) is 1.97. The maximum Gasteiger partial charge on any atom is 0.0532 e. The third-order valence-corrected chi connectivity index (χ3v) is 2.33. The minimum Gasteiger partial charge on any atom is -0.397 e. The second-order valence-corrected chi connectivity index (χ2v) is 3.88. The highest BCUT2D eigenvalue weighted by Gasteiger charge is 1.97. The number of hydrogen-bond donors (Lipinski definition) is 1. The summed E-state index contributed by atoms with van der Waals surface area (Å²) in [6.07, 6.45) is 3.96. The molecule has 0 spiro atoms. The quantitative estimate of drug-likeness (QED) is 0.806. The second-order valence-electron chi connectivity index (χ2n) is 3.02. The van der Waals surface area contributed by atoms with E-state index in [-0.39, 0.29) is 0 Å². The van der Waals surface area contributed by atoms with Crippen LogP contribution in [0.3, 0.4) is 0 Å². The van der Waals surface area contributed by atoms with Crippen LogP contribution in [0.5, 0.6) is 0 Å². The Hall–Kier alpha value is -0.960. The molecule has 0 fully saturated rings. The minimum absolute atomic E-state index is 0.778. The minimum atomic E-state index is 0.778. The average molecular weight is 241 g/mol. The van der Waals surface area contributed by atoms with E-state index in [1.54, 1.807) is 0 Å². The standard InChI is InChI=1S/C10H13BrN2/c1-13(2)7-6-8-4-3-5-9(11)10(8)12/h3-7H,12H2,1-2H3/b7-6+. The second kappa shape index (κ2) is 4.33. The van der Waals surface area contributed by atoms with E-state index in [2.05, 4.69) is 15.9 Å². The molecule has 0 aliphatic rings. The lowest BCUT2D eigenvalue weighted by Crippen LogP contribution is -2.00. The first kappa shape index (κ1) is 10.1. The van der Waals surface area contributed by atoms with Gasteiger partial charge in [0.25, 0.3) is 0 Å². The van der Waals surface area contributed by atoms with Gasteiger partial charge in [0.15, 0.2) is 0 Å². The molecule has 0 radical (unpaired) electrons. The van der Waals surface area contributed by atoms with E-state index in [9.17, 15) is 0 Å². The largest absolute Gasteiger partial charge is 0.397 e. The Morgan fingerprint density at radius 1 is 1.38 bits per heavy atom. The van der Waals surface area contributed by atoms with Crippen molar-refractivity contribution in [3.05, 3.63) is 34.4 Å². The Kier molecular flexibility index (Phi) is 3.37. The van der Waals surface area contributed by atoms with Gasteiger partial charge < -0.3 is 10.6 Å². The van der Waals surface area contributed by atoms with Crippen molar-refractivity contribution >= 4 is 27.7 Å². The van der Waals surface area contributed by atoms with Crippen LogP contribution in [0.2, 0.25) is 0 Å². The van der Waals surface area contributed by atoms with Crippen LogP contribution in [0.25, 0.3) is 6.08 Å². The van der Waals surface area contributed by atoms with Crippen molar-refractivity contribution in [2.24, 2.45) is 0 Å². The van der Waals surface area contributed by atoms with Crippen LogP contribution in [0.1, 0.15) is 5.56 Å². The number of rotatable bonds is 2. The highest BCUT2D eigenvalue weighted by molar-refractivity contribution is 9.10. The first-order valence-corrected chi connectivity index (χ1v) is 4.79. The number of benzene rings is 1. The lowest BCUT2D eigenvalue weighted by atomic mass is 10.2. The molecule has 0 bridgehead atoms. The normalized spacial score (nSPS) is 10.7. The molecular formula is C10H13BrN2. The number of nitrogens with two attached hydrogens (primary N) is 1. The van der Waals surface area contributed by atoms with Gasteiger partial charge in [0.1, 0.15) is 0 Å². The van der Waals surface area contributed by atoms with Crippen LogP contribution in [-0.4, -0.2) is 19.0 Å². The molecule has 1 aromatic carbocycles. The summed E-state index contributed by atoms with van der Waals surface area (Å²) >= 11 is 3.38. The Morgan fingerprint density at radius 2 is 2.08 bits per heavy atom. The average Bonchev–Trinajstić information content (AvgIpc) is 2.07. The molecule has 2 nitrogen and oxygen atoms in total. The first-order chi connectivity index (χ1) is 6.11. The van der Waals surface area contributed by atoms with Gasteiger partial charge in [-0.2, -0.15) is 0 Å². The number of hydrogen-bond acceptors (Lipinski definition) is 2. The zero-order chi connectivity index (χ0) is 9.84. The van der Waals surface area contributed by atoms with Crippen molar-refractivity contribution in [1.82, 2.24) is 4.90 Å². The van der Waals surface area contributed by atoms with Gasteiger partial charge in [0.2, 0.25) is 0 Å². The molecular weight excluding hydrogens is 228 g/mol. The molecule has 3 heteroatoms. The molecule has 0 unspecified atom stereocenters. The Bertz CT molecular complexity index is 319. The summed E-state index contributed by atoms with van der Waals surface area (Å²) in [5, 5.41) is 0. The third kappa shape index (κ3) is 2.77. The van der Waals surface area contributed by atoms with E-state index >= 15 is 0 Å². The van der Waals surface area contributed by atoms with Crippen molar-refractivity contribution in [1.29, 1.82) is 0 Å². The van der Waals surface area contributed by atoms with Gasteiger partial charge in [-0.1, -0.05) is 12.1 Å². The number of nitrogens with zero attached hydrogens (tertiary/aromatic N) is 1. The molecule has 70 valence electrons. The SMILES string of the molecule is CN(C)/C=C/c1cccc(Br)c1N. The third-order valence-electron chi connectivity index (χ3n) is 1.64. The maximum atomic E-state index is 5.85. The van der Waals surface area contributed by atoms with Gasteiger partial charge in [-0.25, -0.2) is 0 Å². The molecule has 0 amide bonds. The van der Waals surface area contributed by atoms with E-state index in [0.717, 1.165) is 15.7 Å². The predicted octanol–water partition coefficient (Wildman–Crippen LogP) is 2.56. The van der Waals surface area contributed by atoms with Gasteiger partial charge in [0.05, 0.1) is 5.69 Å². The smallest absolute Gasteiger partial charge is 0.0532 e. The van der Waals surface area contributed by atoms with Gasteiger partial charge in [-0.05, 0) is 39.8 Å². The Labute approximate surface area is 87.2 Å². The van der Waals surface area contributed by atoms with E-state index in [1.807, 2.05) is 49.5 Å². The number of halogens is 1. The van der Waals surface area contributed by atoms with Crippen LogP contribution in [0.15, 0.2) is 28.9 Å². The summed E-state index contributed by atoms with van der Waals surface area (Å²) in [6, 6.07) is 5.89. The molecule has 0 aliphatic heterocycles. The highest BCUT2D eigenvalue weighted by Crippen LogP contribution is 2.23. The summed E-state index contributed by atoms with van der Waals surface area (Å²) in [5.74, 6) is 0.